The third-order valence-electron chi connectivity index (χ3n) is 7.42. The van der Waals surface area contributed by atoms with E-state index < -0.39 is 23.6 Å². The van der Waals surface area contributed by atoms with Gasteiger partial charge in [-0.25, -0.2) is 9.07 Å². The summed E-state index contributed by atoms with van der Waals surface area (Å²) < 4.78 is 68.7. The Morgan fingerprint density at radius 1 is 1.07 bits per heavy atom. The maximum absolute atomic E-state index is 14.6. The molecule has 2 N–H and O–H groups in total. The van der Waals surface area contributed by atoms with E-state index in [-0.39, 0.29) is 51.2 Å². The Hall–Kier alpha value is -4.98. The Labute approximate surface area is 246 Å². The number of fused-ring (bicyclic) bond motifs is 1. The zero-order chi connectivity index (χ0) is 31.1. The molecule has 1 unspecified atom stereocenters. The van der Waals surface area contributed by atoms with Crippen LogP contribution in [0.2, 0.25) is 0 Å². The fraction of sp³-hybridized carbons (Fsp3) is 0.250. The molecule has 1 aliphatic rings. The van der Waals surface area contributed by atoms with Gasteiger partial charge in [-0.05, 0) is 54.7 Å². The monoisotopic (exact) mass is 586 g/mol. The standard InChI is InChI=1S/C32H27F4N7/c1-2-27(19-6-4-3-5-7-19)40-29-21(16-37)17-38-31-25(29)14-23(15-26(31)32(34,35)36)39-30(20-8-10-22(33)11-9-20)28-18-43(42-41-28)24-12-13-24/h3-11,14-15,17-18,24,27,30,39H,2,12-13H2,1H3,(H,38,40)/t27-,30?/m1/s1/i30D. The van der Waals surface area contributed by atoms with E-state index in [9.17, 15) is 24.2 Å². The van der Waals surface area contributed by atoms with E-state index in [4.69, 9.17) is 0 Å². The number of benzene rings is 3. The van der Waals surface area contributed by atoms with Gasteiger partial charge in [0.25, 0.3) is 0 Å². The topological polar surface area (TPSA) is 91.5 Å². The van der Waals surface area contributed by atoms with Crippen LogP contribution in [0.5, 0.6) is 0 Å². The Kier molecular flexibility index (Phi) is 7.10. The first-order chi connectivity index (χ1) is 21.1. The summed E-state index contributed by atoms with van der Waals surface area (Å²) in [5, 5.41) is 24.6. The minimum absolute atomic E-state index is 0.0545. The Morgan fingerprint density at radius 3 is 2.47 bits per heavy atom. The first-order valence-corrected chi connectivity index (χ1v) is 13.8. The van der Waals surface area contributed by atoms with Crippen molar-refractivity contribution in [3.63, 3.8) is 0 Å². The predicted octanol–water partition coefficient (Wildman–Crippen LogP) is 7.96. The van der Waals surface area contributed by atoms with Crippen LogP contribution in [-0.2, 0) is 6.18 Å². The number of nitrogens with zero attached hydrogens (tertiary/aromatic N) is 5. The normalized spacial score (nSPS) is 15.8. The van der Waals surface area contributed by atoms with E-state index in [1.807, 2.05) is 37.3 Å². The molecule has 7 nitrogen and oxygen atoms in total. The fourth-order valence-corrected chi connectivity index (χ4v) is 5.07. The van der Waals surface area contributed by atoms with Crippen molar-refractivity contribution in [2.45, 2.75) is 50.5 Å². The molecule has 1 saturated carbocycles. The number of hydrogen-bond acceptors (Lipinski definition) is 6. The number of rotatable bonds is 9. The van der Waals surface area contributed by atoms with Crippen molar-refractivity contribution in [2.24, 2.45) is 0 Å². The van der Waals surface area contributed by atoms with Gasteiger partial charge in [0.1, 0.15) is 17.6 Å². The number of nitriles is 1. The van der Waals surface area contributed by atoms with Crippen LogP contribution in [0.25, 0.3) is 10.9 Å². The smallest absolute Gasteiger partial charge is 0.377 e. The van der Waals surface area contributed by atoms with Crippen molar-refractivity contribution in [3.8, 4) is 6.07 Å². The van der Waals surface area contributed by atoms with Gasteiger partial charge in [-0.1, -0.05) is 54.6 Å². The minimum Gasteiger partial charge on any atom is -0.377 e. The van der Waals surface area contributed by atoms with E-state index in [1.54, 1.807) is 10.9 Å². The molecular weight excluding hydrogens is 558 g/mol. The molecule has 2 heterocycles. The van der Waals surface area contributed by atoms with Crippen molar-refractivity contribution in [1.29, 1.82) is 5.26 Å². The summed E-state index contributed by atoms with van der Waals surface area (Å²) in [6.45, 7) is 1.93. The van der Waals surface area contributed by atoms with Gasteiger partial charge in [-0.2, -0.15) is 18.4 Å². The van der Waals surface area contributed by atoms with Crippen molar-refractivity contribution < 1.29 is 18.9 Å². The van der Waals surface area contributed by atoms with Crippen LogP contribution in [0.4, 0.5) is 28.9 Å². The van der Waals surface area contributed by atoms with Crippen LogP contribution in [0.1, 0.15) is 73.6 Å². The lowest BCUT2D eigenvalue weighted by Gasteiger charge is -2.23. The fourth-order valence-electron chi connectivity index (χ4n) is 5.07. The van der Waals surface area contributed by atoms with Gasteiger partial charge >= 0.3 is 6.18 Å². The largest absolute Gasteiger partial charge is 0.418 e. The molecule has 2 atom stereocenters. The molecule has 3 aromatic carbocycles. The molecule has 0 spiro atoms. The maximum atomic E-state index is 14.6. The van der Waals surface area contributed by atoms with Crippen molar-refractivity contribution in [3.05, 3.63) is 113 Å². The number of pyridine rings is 1. The second-order valence-electron chi connectivity index (χ2n) is 10.4. The highest BCUT2D eigenvalue weighted by molar-refractivity contribution is 5.98. The highest BCUT2D eigenvalue weighted by Gasteiger charge is 2.35. The van der Waals surface area contributed by atoms with Crippen molar-refractivity contribution in [1.82, 2.24) is 20.0 Å². The summed E-state index contributed by atoms with van der Waals surface area (Å²) in [4.78, 5) is 4.05. The molecule has 1 aliphatic carbocycles. The van der Waals surface area contributed by atoms with E-state index in [1.165, 1.54) is 30.3 Å². The molecule has 5 aromatic rings. The summed E-state index contributed by atoms with van der Waals surface area (Å²) in [6.07, 6.45) is 0.300. The first-order valence-electron chi connectivity index (χ1n) is 14.3. The highest BCUT2D eigenvalue weighted by Crippen LogP contribution is 2.41. The molecule has 2 aromatic heterocycles. The van der Waals surface area contributed by atoms with Crippen LogP contribution in [0.3, 0.4) is 0 Å². The van der Waals surface area contributed by atoms with Crippen molar-refractivity contribution in [2.75, 3.05) is 10.6 Å². The van der Waals surface area contributed by atoms with Crippen LogP contribution >= 0.6 is 0 Å². The zero-order valence-electron chi connectivity index (χ0n) is 24.0. The lowest BCUT2D eigenvalue weighted by Crippen LogP contribution is -2.16. The van der Waals surface area contributed by atoms with E-state index in [0.717, 1.165) is 30.7 Å². The van der Waals surface area contributed by atoms with Crippen molar-refractivity contribution >= 4 is 22.3 Å². The molecule has 6 rings (SSSR count). The van der Waals surface area contributed by atoms with Gasteiger partial charge in [0, 0.05) is 17.3 Å². The molecule has 11 heteroatoms. The quantitative estimate of drug-likeness (QED) is 0.170. The summed E-state index contributed by atoms with van der Waals surface area (Å²) >= 11 is 0. The average molecular weight is 587 g/mol. The number of halogens is 4. The summed E-state index contributed by atoms with van der Waals surface area (Å²) in [5.74, 6) is -0.530. The second kappa shape index (κ2) is 11.4. The minimum atomic E-state index is -4.81. The molecular formula is C32H27F4N7. The number of nitrogens with one attached hydrogen (secondary N) is 2. The van der Waals surface area contributed by atoms with Crippen LogP contribution < -0.4 is 10.6 Å². The SMILES string of the molecule is [2H]C(Nc1cc(C(F)(F)F)c2ncc(C#N)c(N[C@H](CC)c3ccccc3)c2c1)(c1ccc(F)cc1)c1cn(C2CC2)nn1. The van der Waals surface area contributed by atoms with Gasteiger partial charge in [-0.3, -0.25) is 4.98 Å². The molecule has 0 amide bonds. The van der Waals surface area contributed by atoms with Crippen LogP contribution in [0.15, 0.2) is 79.1 Å². The molecule has 43 heavy (non-hydrogen) atoms. The summed E-state index contributed by atoms with van der Waals surface area (Å²) in [7, 11) is 0. The van der Waals surface area contributed by atoms with Gasteiger partial charge in [0.2, 0.25) is 0 Å². The third kappa shape index (κ3) is 5.86. The molecule has 0 aliphatic heterocycles. The first kappa shape index (κ1) is 26.9. The third-order valence-corrected chi connectivity index (χ3v) is 7.42. The zero-order valence-corrected chi connectivity index (χ0v) is 23.0. The number of alkyl halides is 3. The predicted molar refractivity (Wildman–Crippen MR) is 155 cm³/mol. The molecule has 0 radical (unpaired) electrons. The number of hydrogen-bond donors (Lipinski definition) is 2. The second-order valence-corrected chi connectivity index (χ2v) is 10.4. The van der Waals surface area contributed by atoms with Crippen LogP contribution in [0, 0.1) is 17.1 Å². The number of aromatic nitrogens is 4. The molecule has 218 valence electrons. The van der Waals surface area contributed by atoms with Gasteiger partial charge in [-0.15, -0.1) is 5.10 Å². The molecule has 0 bridgehead atoms. The highest BCUT2D eigenvalue weighted by atomic mass is 19.4. The summed E-state index contributed by atoms with van der Waals surface area (Å²) in [5.41, 5.74) is 0.0760. The Balaban J connectivity index is 1.53. The van der Waals surface area contributed by atoms with E-state index in [2.05, 4.69) is 32.0 Å². The van der Waals surface area contributed by atoms with Crippen LogP contribution in [-0.4, -0.2) is 20.0 Å². The molecule has 1 fully saturated rings. The lowest BCUT2D eigenvalue weighted by atomic mass is 9.99. The van der Waals surface area contributed by atoms with E-state index in [0.29, 0.717) is 6.42 Å². The lowest BCUT2D eigenvalue weighted by molar-refractivity contribution is -0.136. The molecule has 0 saturated heterocycles. The van der Waals surface area contributed by atoms with Gasteiger partial charge in [0.05, 0.1) is 48.0 Å². The maximum Gasteiger partial charge on any atom is 0.418 e. The average Bonchev–Trinajstić information content (AvgIpc) is 3.75. The van der Waals surface area contributed by atoms with Gasteiger partial charge < -0.3 is 10.6 Å². The summed E-state index contributed by atoms with van der Waals surface area (Å²) in [6, 6.07) is 16.8. The Morgan fingerprint density at radius 2 is 1.81 bits per heavy atom. The number of anilines is 2. The van der Waals surface area contributed by atoms with E-state index >= 15 is 0 Å². The van der Waals surface area contributed by atoms with Gasteiger partial charge in [0.15, 0.2) is 0 Å². The Bertz CT molecular complexity index is 1850.